The van der Waals surface area contributed by atoms with Crippen molar-refractivity contribution in [3.05, 3.63) is 0 Å². The summed E-state index contributed by atoms with van der Waals surface area (Å²) in [5, 5.41) is 0. The predicted molar refractivity (Wildman–Crippen MR) is 109 cm³/mol. The summed E-state index contributed by atoms with van der Waals surface area (Å²) >= 11 is -4.34. The van der Waals surface area contributed by atoms with Crippen LogP contribution in [0.2, 0.25) is 0 Å². The van der Waals surface area contributed by atoms with Gasteiger partial charge in [-0.15, -0.1) is 0 Å². The van der Waals surface area contributed by atoms with Crippen molar-refractivity contribution in [2.24, 2.45) is 0 Å². The second-order valence-corrected chi connectivity index (χ2v) is 7.48. The second kappa shape index (κ2) is 56.7. The van der Waals surface area contributed by atoms with E-state index in [1.807, 2.05) is 0 Å². The van der Waals surface area contributed by atoms with Crippen LogP contribution in [0.3, 0.4) is 0 Å². The average molecular weight is 611 g/mol. The Morgan fingerprint density at radius 2 is 0.645 bits per heavy atom. The van der Waals surface area contributed by atoms with E-state index >= 15 is 0 Å². The average Bonchev–Trinajstić information content (AvgIpc) is 2.84. The molecule has 0 aliphatic rings. The first-order valence-electron chi connectivity index (χ1n) is 9.66. The van der Waals surface area contributed by atoms with Gasteiger partial charge in [-0.1, -0.05) is 53.4 Å². The van der Waals surface area contributed by atoms with Crippen LogP contribution in [-0.4, -0.2) is 64.6 Å². The van der Waals surface area contributed by atoms with Gasteiger partial charge in [0.15, 0.2) is 0 Å². The van der Waals surface area contributed by atoms with Gasteiger partial charge in [-0.05, 0) is 25.7 Å². The van der Waals surface area contributed by atoms with Crippen LogP contribution in [0.1, 0.15) is 79.1 Å². The zero-order valence-electron chi connectivity index (χ0n) is 19.1. The molecule has 0 aromatic carbocycles. The molecule has 0 fully saturated rings. The van der Waals surface area contributed by atoms with Crippen LogP contribution in [0.4, 0.5) is 0 Å². The van der Waals surface area contributed by atoms with E-state index in [9.17, 15) is 0 Å². The molecule has 10 radical (unpaired) electrons. The van der Waals surface area contributed by atoms with Gasteiger partial charge in [0.25, 0.3) is 33.9 Å². The summed E-state index contributed by atoms with van der Waals surface area (Å²) in [7, 11) is 0. The van der Waals surface area contributed by atoms with Crippen molar-refractivity contribution in [1.82, 2.24) is 0 Å². The number of unbranched alkanes of at least 4 members (excludes halogenated alkanes) is 4. The number of hydrogen-bond acceptors (Lipinski definition) is 8. The van der Waals surface area contributed by atoms with Gasteiger partial charge < -0.3 is 4.48 Å². The quantitative estimate of drug-likeness (QED) is 0.303. The normalized spacial score (nSPS) is 8.03. The summed E-state index contributed by atoms with van der Waals surface area (Å²) in [6.45, 7) is 37.5. The number of hydrogen-bond donors (Lipinski definition) is 0. The van der Waals surface area contributed by atoms with E-state index in [2.05, 4.69) is 61.6 Å². The molecule has 0 atom stereocenters. The molecular weight excluding hydrogens is 575 g/mol. The Labute approximate surface area is 196 Å². The second-order valence-electron chi connectivity index (χ2n) is 5.87. The van der Waals surface area contributed by atoms with Gasteiger partial charge in [0, 0.05) is 0 Å². The van der Waals surface area contributed by atoms with Crippen molar-refractivity contribution >= 4 is 33.9 Å². The van der Waals surface area contributed by atoms with Gasteiger partial charge in [0.1, 0.15) is 0 Å². The zero-order valence-corrected chi connectivity index (χ0v) is 22.4. The summed E-state index contributed by atoms with van der Waals surface area (Å²) in [6.07, 6.45) is 11.1. The van der Waals surface area contributed by atoms with Crippen LogP contribution < -0.4 is 3.61 Å². The third kappa shape index (κ3) is 58.5. The van der Waals surface area contributed by atoms with Crippen molar-refractivity contribution < 1.29 is 57.4 Å². The first-order chi connectivity index (χ1) is 15.0. The van der Waals surface area contributed by atoms with Crippen molar-refractivity contribution in [3.63, 3.8) is 0 Å². The fourth-order valence-electron chi connectivity index (χ4n) is 2.64. The summed E-state index contributed by atoms with van der Waals surface area (Å²) < 4.78 is 27.3. The SMILES string of the molecule is CCCC[N+](CCCC)(CCCC)CCCC.[C]=O.[C]=O.[C]=O.[C]=O.[C]=O.[O]=[Ta](=[O])[O-]. The van der Waals surface area contributed by atoms with Crippen LogP contribution in [0.25, 0.3) is 0 Å². The molecule has 0 saturated heterocycles. The van der Waals surface area contributed by atoms with E-state index in [0.29, 0.717) is 0 Å². The third-order valence-electron chi connectivity index (χ3n) is 3.94. The van der Waals surface area contributed by atoms with E-state index in [1.54, 1.807) is 0 Å². The molecular formula is C21H36NO8Ta. The molecule has 0 aliphatic carbocycles. The van der Waals surface area contributed by atoms with Crippen LogP contribution in [0.5, 0.6) is 0 Å². The van der Waals surface area contributed by atoms with Crippen LogP contribution in [-0.2, 0) is 49.3 Å². The maximum absolute atomic E-state index is 8.62. The van der Waals surface area contributed by atoms with Gasteiger partial charge in [0.2, 0.25) is 0 Å². The van der Waals surface area contributed by atoms with E-state index in [0.717, 1.165) is 0 Å². The molecule has 0 amide bonds. The van der Waals surface area contributed by atoms with E-state index in [-0.39, 0.29) is 0 Å². The van der Waals surface area contributed by atoms with E-state index in [1.165, 1.54) is 82.0 Å². The number of rotatable bonds is 12. The monoisotopic (exact) mass is 611 g/mol. The Morgan fingerprint density at radius 1 is 0.516 bits per heavy atom. The zero-order chi connectivity index (χ0) is 26.6. The summed E-state index contributed by atoms with van der Waals surface area (Å²) in [5.41, 5.74) is 0. The molecule has 0 saturated carbocycles. The molecule has 0 aliphatic heterocycles. The Hall–Kier alpha value is -1.39. The van der Waals surface area contributed by atoms with Crippen LogP contribution >= 0.6 is 0 Å². The fraction of sp³-hybridized carbons (Fsp3) is 0.762. The van der Waals surface area contributed by atoms with E-state index in [4.69, 9.17) is 34.1 Å². The first-order valence-corrected chi connectivity index (χ1v) is 13.6. The van der Waals surface area contributed by atoms with Crippen molar-refractivity contribution in [3.8, 4) is 0 Å². The van der Waals surface area contributed by atoms with Crippen molar-refractivity contribution in [2.75, 3.05) is 26.2 Å². The topological polar surface area (TPSA) is 143 Å². The molecule has 178 valence electrons. The molecule has 0 aromatic heterocycles. The van der Waals surface area contributed by atoms with Crippen LogP contribution in [0.15, 0.2) is 0 Å². The summed E-state index contributed by atoms with van der Waals surface area (Å²) in [4.78, 5) is 37.5. The fourth-order valence-corrected chi connectivity index (χ4v) is 2.64. The predicted octanol–water partition coefficient (Wildman–Crippen LogP) is 1.59. The molecule has 0 rings (SSSR count). The Kier molecular flexibility index (Phi) is 86.7. The number of carbonyl (C=O) groups excluding carboxylic acids is 5. The van der Waals surface area contributed by atoms with Gasteiger partial charge in [-0.3, -0.25) is 24.0 Å². The molecule has 9 nitrogen and oxygen atoms in total. The minimum absolute atomic E-state index is 1.35. The number of quaternary nitrogens is 1. The molecule has 0 bridgehead atoms. The molecule has 31 heavy (non-hydrogen) atoms. The Balaban J connectivity index is -0.0000000685. The minimum atomic E-state index is -4.34. The standard InChI is InChI=1S/C16H36N.5CO.3O.Ta/c1-5-9-13-17(14-10-6-2,15-11-7-3)16-12-8-4;5*1-2;;;;/h5-16H2,1-4H3;;;;;;;;;/q+1;;;;;;;;-1;. The summed E-state index contributed by atoms with van der Waals surface area (Å²) in [6, 6.07) is 0. The Morgan fingerprint density at radius 3 is 0.742 bits per heavy atom. The van der Waals surface area contributed by atoms with Gasteiger partial charge in [-0.2, -0.15) is 0 Å². The van der Waals surface area contributed by atoms with Crippen molar-refractivity contribution in [2.45, 2.75) is 79.1 Å². The van der Waals surface area contributed by atoms with Gasteiger partial charge >= 0.3 is 28.9 Å². The Bertz CT molecular complexity index is 301. The molecule has 0 spiro atoms. The molecule has 0 heterocycles. The van der Waals surface area contributed by atoms with Crippen LogP contribution in [0, 0.1) is 0 Å². The first kappa shape index (κ1) is 47.4. The molecule has 0 unspecified atom stereocenters. The summed E-state index contributed by atoms with van der Waals surface area (Å²) in [5.74, 6) is 0. The van der Waals surface area contributed by atoms with E-state index < -0.39 is 18.8 Å². The maximum atomic E-state index is 8.62. The molecule has 0 aromatic rings. The van der Waals surface area contributed by atoms with Gasteiger partial charge in [-0.25, -0.2) is 0 Å². The number of nitrogens with zero attached hydrogens (tertiary/aromatic N) is 1. The molecule has 0 N–H and O–H groups in total. The van der Waals surface area contributed by atoms with Crippen molar-refractivity contribution in [1.29, 1.82) is 0 Å². The van der Waals surface area contributed by atoms with Gasteiger partial charge in [0.05, 0.1) is 26.2 Å². The third-order valence-corrected chi connectivity index (χ3v) is 3.94. The molecule has 10 heteroatoms.